The molecule has 0 bridgehead atoms. The van der Waals surface area contributed by atoms with E-state index in [0.29, 0.717) is 14.6 Å². The average molecular weight is 446 g/mol. The molecule has 0 aliphatic carbocycles. The molecule has 1 aromatic carbocycles. The number of amides is 1. The molecular formula is C15H9Cl2N3O5S2. The molecule has 0 atom stereocenters. The molecule has 2 heterocycles. The Morgan fingerprint density at radius 3 is 2.63 bits per heavy atom. The lowest BCUT2D eigenvalue weighted by Crippen LogP contribution is -2.22. The molecule has 1 amide bonds. The van der Waals surface area contributed by atoms with Gasteiger partial charge in [-0.05, 0) is 12.1 Å². The summed E-state index contributed by atoms with van der Waals surface area (Å²) in [4.78, 5) is 38.9. The van der Waals surface area contributed by atoms with Gasteiger partial charge in [-0.3, -0.25) is 19.7 Å². The number of methoxy groups -OCH3 is 1. The Morgan fingerprint density at radius 2 is 2.04 bits per heavy atom. The van der Waals surface area contributed by atoms with Gasteiger partial charge in [-0.1, -0.05) is 34.5 Å². The third-order valence-corrected chi connectivity index (χ3v) is 6.01. The molecule has 0 unspecified atom stereocenters. The fraction of sp³-hybridized carbons (Fsp3) is 0.133. The molecule has 0 radical (unpaired) electrons. The number of carbonyl (C=O) groups is 2. The van der Waals surface area contributed by atoms with E-state index in [2.05, 4.69) is 9.73 Å². The van der Waals surface area contributed by atoms with Crippen LogP contribution in [0, 0.1) is 10.1 Å². The van der Waals surface area contributed by atoms with Gasteiger partial charge in [0.15, 0.2) is 4.80 Å². The first kappa shape index (κ1) is 19.5. The molecule has 12 heteroatoms. The Bertz CT molecular complexity index is 1150. The minimum Gasteiger partial charge on any atom is -0.468 e. The molecule has 0 spiro atoms. The smallest absolute Gasteiger partial charge is 0.325 e. The van der Waals surface area contributed by atoms with Gasteiger partial charge >= 0.3 is 5.97 Å². The number of ether oxygens (including phenoxy) is 1. The number of carbonyl (C=O) groups excluding carboxylic acids is 2. The van der Waals surface area contributed by atoms with E-state index >= 15 is 0 Å². The topological polar surface area (TPSA) is 104 Å². The van der Waals surface area contributed by atoms with Crippen LogP contribution in [0.4, 0.5) is 5.69 Å². The van der Waals surface area contributed by atoms with Gasteiger partial charge in [0, 0.05) is 12.1 Å². The van der Waals surface area contributed by atoms with E-state index in [1.54, 1.807) is 0 Å². The third-order valence-electron chi connectivity index (χ3n) is 3.48. The Hall–Kier alpha value is -2.27. The molecule has 0 aliphatic rings. The zero-order valence-corrected chi connectivity index (χ0v) is 16.6. The molecule has 0 N–H and O–H groups in total. The number of fused-ring (bicyclic) bond motifs is 1. The number of nitro groups is 1. The summed E-state index contributed by atoms with van der Waals surface area (Å²) in [5, 5.41) is 11.0. The van der Waals surface area contributed by atoms with Crippen LogP contribution in [-0.2, 0) is 16.1 Å². The van der Waals surface area contributed by atoms with Crippen LogP contribution in [0.3, 0.4) is 0 Å². The van der Waals surface area contributed by atoms with Crippen molar-refractivity contribution in [1.82, 2.24) is 4.57 Å². The summed E-state index contributed by atoms with van der Waals surface area (Å²) >= 11 is 13.9. The minimum atomic E-state index is -0.636. The van der Waals surface area contributed by atoms with Crippen molar-refractivity contribution in [3.63, 3.8) is 0 Å². The third kappa shape index (κ3) is 4.03. The van der Waals surface area contributed by atoms with E-state index in [1.165, 1.54) is 35.9 Å². The highest BCUT2D eigenvalue weighted by Crippen LogP contribution is 2.31. The van der Waals surface area contributed by atoms with Crippen molar-refractivity contribution < 1.29 is 19.2 Å². The first-order valence-corrected chi connectivity index (χ1v) is 9.57. The highest BCUT2D eigenvalue weighted by Gasteiger charge is 2.17. The van der Waals surface area contributed by atoms with Crippen LogP contribution in [0.15, 0.2) is 29.3 Å². The van der Waals surface area contributed by atoms with Gasteiger partial charge in [-0.2, -0.15) is 4.99 Å². The Labute approximate surface area is 169 Å². The maximum Gasteiger partial charge on any atom is 0.325 e. The number of hydrogen-bond acceptors (Lipinski definition) is 7. The van der Waals surface area contributed by atoms with Gasteiger partial charge < -0.3 is 9.30 Å². The van der Waals surface area contributed by atoms with Crippen molar-refractivity contribution in [2.24, 2.45) is 4.99 Å². The molecule has 3 rings (SSSR count). The number of benzene rings is 1. The maximum atomic E-state index is 12.5. The van der Waals surface area contributed by atoms with Crippen LogP contribution in [0.2, 0.25) is 8.67 Å². The first-order valence-electron chi connectivity index (χ1n) is 7.18. The number of aromatic nitrogens is 1. The van der Waals surface area contributed by atoms with Gasteiger partial charge in [0.1, 0.15) is 10.9 Å². The van der Waals surface area contributed by atoms with E-state index in [1.807, 2.05) is 0 Å². The lowest BCUT2D eigenvalue weighted by atomic mass is 10.3. The van der Waals surface area contributed by atoms with E-state index in [0.717, 1.165) is 22.7 Å². The van der Waals surface area contributed by atoms with Crippen molar-refractivity contribution in [2.45, 2.75) is 6.54 Å². The van der Waals surface area contributed by atoms with E-state index < -0.39 is 16.8 Å². The summed E-state index contributed by atoms with van der Waals surface area (Å²) in [6.07, 6.45) is 0. The second kappa shape index (κ2) is 7.77. The molecule has 0 saturated heterocycles. The van der Waals surface area contributed by atoms with Gasteiger partial charge in [0.25, 0.3) is 11.6 Å². The largest absolute Gasteiger partial charge is 0.468 e. The molecule has 0 saturated carbocycles. The molecule has 3 aromatic rings. The lowest BCUT2D eigenvalue weighted by molar-refractivity contribution is -0.384. The van der Waals surface area contributed by atoms with Crippen molar-refractivity contribution in [3.8, 4) is 0 Å². The molecule has 140 valence electrons. The van der Waals surface area contributed by atoms with Gasteiger partial charge in [-0.25, -0.2) is 0 Å². The van der Waals surface area contributed by atoms with Crippen molar-refractivity contribution >= 4 is 73.7 Å². The van der Waals surface area contributed by atoms with Crippen LogP contribution in [0.5, 0.6) is 0 Å². The molecule has 27 heavy (non-hydrogen) atoms. The zero-order valence-electron chi connectivity index (χ0n) is 13.5. The Morgan fingerprint density at radius 1 is 1.30 bits per heavy atom. The second-order valence-corrected chi connectivity index (χ2v) is 8.41. The predicted molar refractivity (Wildman–Crippen MR) is 103 cm³/mol. The maximum absolute atomic E-state index is 12.5. The number of non-ortho nitro benzene ring substituents is 1. The fourth-order valence-electron chi connectivity index (χ4n) is 2.24. The lowest BCUT2D eigenvalue weighted by Gasteiger charge is -2.03. The normalized spacial score (nSPS) is 11.7. The number of esters is 1. The quantitative estimate of drug-likeness (QED) is 0.344. The molecular weight excluding hydrogens is 437 g/mol. The second-order valence-electron chi connectivity index (χ2n) is 5.11. The SMILES string of the molecule is COC(=O)Cn1c(=NC(=O)c2cc(Cl)sc2Cl)sc2cc([N+](=O)[O-])ccc21. The van der Waals surface area contributed by atoms with Crippen molar-refractivity contribution in [2.75, 3.05) is 7.11 Å². The van der Waals surface area contributed by atoms with Crippen LogP contribution < -0.4 is 4.80 Å². The zero-order chi connectivity index (χ0) is 19.7. The van der Waals surface area contributed by atoms with E-state index in [9.17, 15) is 19.7 Å². The van der Waals surface area contributed by atoms with Crippen molar-refractivity contribution in [1.29, 1.82) is 0 Å². The molecule has 2 aromatic heterocycles. The summed E-state index contributed by atoms with van der Waals surface area (Å²) in [5.41, 5.74) is 0.538. The highest BCUT2D eigenvalue weighted by molar-refractivity contribution is 7.20. The number of thiazole rings is 1. The molecule has 8 nitrogen and oxygen atoms in total. The number of rotatable bonds is 4. The summed E-state index contributed by atoms with van der Waals surface area (Å²) in [6, 6.07) is 5.56. The number of thiophene rings is 1. The van der Waals surface area contributed by atoms with E-state index in [4.69, 9.17) is 23.2 Å². The van der Waals surface area contributed by atoms with Crippen molar-refractivity contribution in [3.05, 3.63) is 53.4 Å². The predicted octanol–water partition coefficient (Wildman–Crippen LogP) is 3.89. The standard InChI is InChI=1S/C15H9Cl2N3O5S2/c1-25-12(21)6-19-9-3-2-7(20(23)24)4-10(9)26-15(19)18-14(22)8-5-11(16)27-13(8)17/h2-5H,6H2,1H3. The minimum absolute atomic E-state index is 0.112. The number of nitro benzene ring substituents is 1. The van der Waals surface area contributed by atoms with Crippen LogP contribution in [0.1, 0.15) is 10.4 Å². The highest BCUT2D eigenvalue weighted by atomic mass is 35.5. The van der Waals surface area contributed by atoms with Gasteiger partial charge in [0.05, 0.1) is 32.1 Å². The summed E-state index contributed by atoms with van der Waals surface area (Å²) in [6.45, 7) is -0.210. The van der Waals surface area contributed by atoms with Crippen LogP contribution in [-0.4, -0.2) is 28.5 Å². The monoisotopic (exact) mass is 445 g/mol. The number of nitrogens with zero attached hydrogens (tertiary/aromatic N) is 3. The summed E-state index contributed by atoms with van der Waals surface area (Å²) in [5.74, 6) is -1.19. The van der Waals surface area contributed by atoms with Crippen LogP contribution >= 0.6 is 45.9 Å². The summed E-state index contributed by atoms with van der Waals surface area (Å²) in [7, 11) is 1.23. The average Bonchev–Trinajstić information content (AvgIpc) is 3.13. The first-order chi connectivity index (χ1) is 12.8. The number of halogens is 2. The molecule has 0 fully saturated rings. The van der Waals surface area contributed by atoms with Gasteiger partial charge in [0.2, 0.25) is 0 Å². The van der Waals surface area contributed by atoms with Crippen LogP contribution in [0.25, 0.3) is 10.2 Å². The number of hydrogen-bond donors (Lipinski definition) is 0. The Balaban J connectivity index is 2.18. The van der Waals surface area contributed by atoms with E-state index in [-0.39, 0.29) is 26.9 Å². The Kier molecular flexibility index (Phi) is 5.61. The molecule has 0 aliphatic heterocycles. The fourth-order valence-corrected chi connectivity index (χ4v) is 4.75. The van der Waals surface area contributed by atoms with Gasteiger partial charge in [-0.15, -0.1) is 11.3 Å². The summed E-state index contributed by atoms with van der Waals surface area (Å²) < 4.78 is 7.16.